The maximum atomic E-state index is 4.00. The van der Waals surface area contributed by atoms with Crippen molar-refractivity contribution in [1.82, 2.24) is 9.55 Å². The van der Waals surface area contributed by atoms with Crippen LogP contribution in [0.15, 0.2) is 19.1 Å². The van der Waals surface area contributed by atoms with Gasteiger partial charge in [0.25, 0.3) is 0 Å². The topological polar surface area (TPSA) is 17.8 Å². The predicted molar refractivity (Wildman–Crippen MR) is 35.9 cm³/mol. The van der Waals surface area contributed by atoms with Gasteiger partial charge in [-0.25, -0.2) is 4.98 Å². The third-order valence-corrected chi connectivity index (χ3v) is 1.73. The van der Waals surface area contributed by atoms with Crippen molar-refractivity contribution in [2.24, 2.45) is 0 Å². The summed E-state index contributed by atoms with van der Waals surface area (Å²) < 4.78 is 2.06. The molecule has 0 radical (unpaired) electrons. The monoisotopic (exact) mass is 120 g/mol. The van der Waals surface area contributed by atoms with E-state index in [4.69, 9.17) is 0 Å². The summed E-state index contributed by atoms with van der Waals surface area (Å²) in [5.74, 6) is 0. The average Bonchev–Trinajstić information content (AvgIpc) is 2.35. The molecule has 0 fully saturated rings. The van der Waals surface area contributed by atoms with Gasteiger partial charge < -0.3 is 4.57 Å². The van der Waals surface area contributed by atoms with Gasteiger partial charge in [0.2, 0.25) is 0 Å². The maximum Gasteiger partial charge on any atom is 0.0991 e. The highest BCUT2D eigenvalue weighted by Crippen LogP contribution is 2.21. The van der Waals surface area contributed by atoms with Crippen LogP contribution in [-0.2, 0) is 6.42 Å². The molecule has 0 amide bonds. The van der Waals surface area contributed by atoms with E-state index in [0.717, 1.165) is 12.8 Å². The third kappa shape index (κ3) is 0.529. The zero-order chi connectivity index (χ0) is 6.27. The minimum absolute atomic E-state index is 1.10. The predicted octanol–water partition coefficient (Wildman–Crippen LogP) is 1.30. The fraction of sp³-hybridized carbons (Fsp3) is 0.286. The molecule has 0 N–H and O–H groups in total. The summed E-state index contributed by atoms with van der Waals surface area (Å²) in [4.78, 5) is 4.00. The molecule has 1 aliphatic rings. The fourth-order valence-electron chi connectivity index (χ4n) is 1.18. The van der Waals surface area contributed by atoms with Crippen LogP contribution in [0.5, 0.6) is 0 Å². The molecule has 0 aliphatic carbocycles. The molecular formula is C7H8N2. The first-order valence-electron chi connectivity index (χ1n) is 3.07. The molecule has 0 bridgehead atoms. The Morgan fingerprint density at radius 2 is 2.44 bits per heavy atom. The Kier molecular flexibility index (Phi) is 0.781. The van der Waals surface area contributed by atoms with E-state index in [1.165, 1.54) is 11.4 Å². The first kappa shape index (κ1) is 4.79. The molecule has 0 spiro atoms. The Morgan fingerprint density at radius 3 is 3.22 bits per heavy atom. The van der Waals surface area contributed by atoms with E-state index in [1.807, 2.05) is 12.5 Å². The molecule has 0 saturated heterocycles. The van der Waals surface area contributed by atoms with Gasteiger partial charge in [0.15, 0.2) is 0 Å². The quantitative estimate of drug-likeness (QED) is 0.504. The van der Waals surface area contributed by atoms with E-state index < -0.39 is 0 Å². The van der Waals surface area contributed by atoms with Crippen molar-refractivity contribution in [3.63, 3.8) is 0 Å². The van der Waals surface area contributed by atoms with Crippen LogP contribution >= 0.6 is 0 Å². The molecule has 0 unspecified atom stereocenters. The molecule has 0 saturated carbocycles. The van der Waals surface area contributed by atoms with Crippen molar-refractivity contribution in [2.75, 3.05) is 0 Å². The fourth-order valence-corrected chi connectivity index (χ4v) is 1.18. The standard InChI is InChI=1S/C7H8N2/c1-6-2-3-7-4-8-5-9(6)7/h4-5H,1-3H2. The van der Waals surface area contributed by atoms with Crippen molar-refractivity contribution in [3.05, 3.63) is 24.8 Å². The third-order valence-electron chi connectivity index (χ3n) is 1.73. The number of fused-ring (bicyclic) bond motifs is 1. The highest BCUT2D eigenvalue weighted by molar-refractivity contribution is 5.47. The SMILES string of the molecule is C=C1CCc2cncn21. The summed E-state index contributed by atoms with van der Waals surface area (Å²) in [6, 6.07) is 0. The van der Waals surface area contributed by atoms with Crippen molar-refractivity contribution >= 4 is 5.70 Å². The zero-order valence-electron chi connectivity index (χ0n) is 5.17. The smallest absolute Gasteiger partial charge is 0.0991 e. The summed E-state index contributed by atoms with van der Waals surface area (Å²) >= 11 is 0. The number of nitrogens with zero attached hydrogens (tertiary/aromatic N) is 2. The second kappa shape index (κ2) is 1.47. The van der Waals surface area contributed by atoms with Crippen LogP contribution in [0.25, 0.3) is 5.70 Å². The number of allylic oxidation sites excluding steroid dienone is 1. The Morgan fingerprint density at radius 1 is 1.56 bits per heavy atom. The van der Waals surface area contributed by atoms with E-state index in [0.29, 0.717) is 0 Å². The van der Waals surface area contributed by atoms with Gasteiger partial charge in [-0.05, 0) is 12.8 Å². The van der Waals surface area contributed by atoms with Gasteiger partial charge in [0, 0.05) is 17.6 Å². The van der Waals surface area contributed by atoms with Gasteiger partial charge in [-0.3, -0.25) is 0 Å². The molecule has 1 aliphatic heterocycles. The zero-order valence-corrected chi connectivity index (χ0v) is 5.17. The van der Waals surface area contributed by atoms with Gasteiger partial charge in [0.05, 0.1) is 6.33 Å². The molecule has 2 rings (SSSR count). The molecular weight excluding hydrogens is 112 g/mol. The van der Waals surface area contributed by atoms with Crippen molar-refractivity contribution < 1.29 is 0 Å². The van der Waals surface area contributed by atoms with Crippen LogP contribution in [-0.4, -0.2) is 9.55 Å². The molecule has 2 nitrogen and oxygen atoms in total. The normalized spacial score (nSPS) is 16.2. The maximum absolute atomic E-state index is 4.00. The number of hydrogen-bond donors (Lipinski definition) is 0. The number of aromatic nitrogens is 2. The van der Waals surface area contributed by atoms with Crippen LogP contribution in [0.1, 0.15) is 12.1 Å². The molecule has 1 aromatic heterocycles. The number of imidazole rings is 1. The van der Waals surface area contributed by atoms with Crippen molar-refractivity contribution in [1.29, 1.82) is 0 Å². The molecule has 0 aromatic carbocycles. The molecule has 2 heteroatoms. The van der Waals surface area contributed by atoms with Crippen molar-refractivity contribution in [2.45, 2.75) is 12.8 Å². The summed E-state index contributed by atoms with van der Waals surface area (Å²) in [6.45, 7) is 3.89. The molecule has 46 valence electrons. The summed E-state index contributed by atoms with van der Waals surface area (Å²) in [5.41, 5.74) is 2.46. The second-order valence-electron chi connectivity index (χ2n) is 2.32. The lowest BCUT2D eigenvalue weighted by Gasteiger charge is -1.93. The lowest BCUT2D eigenvalue weighted by atomic mass is 10.3. The van der Waals surface area contributed by atoms with Gasteiger partial charge >= 0.3 is 0 Å². The summed E-state index contributed by atoms with van der Waals surface area (Å²) in [5, 5.41) is 0. The Bertz CT molecular complexity index is 247. The Labute approximate surface area is 53.8 Å². The van der Waals surface area contributed by atoms with Gasteiger partial charge in [-0.1, -0.05) is 6.58 Å². The largest absolute Gasteiger partial charge is 0.308 e. The molecule has 0 atom stereocenters. The van der Waals surface area contributed by atoms with E-state index in [2.05, 4.69) is 16.1 Å². The van der Waals surface area contributed by atoms with Gasteiger partial charge in [-0.15, -0.1) is 0 Å². The summed E-state index contributed by atoms with van der Waals surface area (Å²) in [7, 11) is 0. The highest BCUT2D eigenvalue weighted by Gasteiger charge is 2.11. The Hall–Kier alpha value is -1.05. The van der Waals surface area contributed by atoms with Crippen LogP contribution in [0.3, 0.4) is 0 Å². The second-order valence-corrected chi connectivity index (χ2v) is 2.32. The number of rotatable bonds is 0. The molecule has 9 heavy (non-hydrogen) atoms. The molecule has 1 aromatic rings. The lowest BCUT2D eigenvalue weighted by molar-refractivity contribution is 1.06. The highest BCUT2D eigenvalue weighted by atomic mass is 15.1. The minimum atomic E-state index is 1.10. The van der Waals surface area contributed by atoms with E-state index in [1.54, 1.807) is 0 Å². The summed E-state index contributed by atoms with van der Waals surface area (Å²) in [6.07, 6.45) is 5.93. The van der Waals surface area contributed by atoms with Crippen LogP contribution < -0.4 is 0 Å². The van der Waals surface area contributed by atoms with E-state index in [9.17, 15) is 0 Å². The molecule has 2 heterocycles. The van der Waals surface area contributed by atoms with Crippen LogP contribution in [0.4, 0.5) is 0 Å². The number of aryl methyl sites for hydroxylation is 1. The minimum Gasteiger partial charge on any atom is -0.308 e. The van der Waals surface area contributed by atoms with Gasteiger partial charge in [0.1, 0.15) is 0 Å². The van der Waals surface area contributed by atoms with Crippen molar-refractivity contribution in [3.8, 4) is 0 Å². The number of hydrogen-bond acceptors (Lipinski definition) is 1. The first-order chi connectivity index (χ1) is 4.38. The average molecular weight is 120 g/mol. The first-order valence-corrected chi connectivity index (χ1v) is 3.07. The van der Waals surface area contributed by atoms with E-state index >= 15 is 0 Å². The van der Waals surface area contributed by atoms with Crippen LogP contribution in [0, 0.1) is 0 Å². The van der Waals surface area contributed by atoms with E-state index in [-0.39, 0.29) is 0 Å². The Balaban J connectivity index is 2.61. The van der Waals surface area contributed by atoms with Crippen LogP contribution in [0.2, 0.25) is 0 Å². The van der Waals surface area contributed by atoms with Gasteiger partial charge in [-0.2, -0.15) is 0 Å². The lowest BCUT2D eigenvalue weighted by Crippen LogP contribution is -1.85.